The van der Waals surface area contributed by atoms with Gasteiger partial charge >= 0.3 is 11.7 Å². The summed E-state index contributed by atoms with van der Waals surface area (Å²) in [5.41, 5.74) is 0.693. The van der Waals surface area contributed by atoms with E-state index in [2.05, 4.69) is 10.1 Å². The molecule has 0 spiro atoms. The number of nitro benzene ring substituents is 1. The lowest BCUT2D eigenvalue weighted by atomic mass is 10.2. The van der Waals surface area contributed by atoms with Crippen molar-refractivity contribution in [3.63, 3.8) is 0 Å². The quantitative estimate of drug-likeness (QED) is 0.448. The van der Waals surface area contributed by atoms with E-state index in [-0.39, 0.29) is 24.5 Å². The van der Waals surface area contributed by atoms with Gasteiger partial charge in [-0.2, -0.15) is 0 Å². The molecule has 1 aromatic carbocycles. The molecule has 1 aromatic rings. The highest BCUT2D eigenvalue weighted by Crippen LogP contribution is 2.28. The number of carbonyl (C=O) groups excluding carboxylic acids is 1. The van der Waals surface area contributed by atoms with E-state index in [0.717, 1.165) is 5.56 Å². The van der Waals surface area contributed by atoms with Crippen LogP contribution in [-0.2, 0) is 16.1 Å². The maximum absolute atomic E-state index is 11.1. The van der Waals surface area contributed by atoms with Crippen molar-refractivity contribution >= 4 is 11.7 Å². The van der Waals surface area contributed by atoms with E-state index in [1.165, 1.54) is 13.2 Å². The molecule has 0 radical (unpaired) electrons. The molecule has 0 aliphatic rings. The summed E-state index contributed by atoms with van der Waals surface area (Å²) < 4.78 is 9.77. The van der Waals surface area contributed by atoms with Gasteiger partial charge in [0.1, 0.15) is 0 Å². The van der Waals surface area contributed by atoms with Gasteiger partial charge in [-0.15, -0.1) is 0 Å². The molecule has 0 atom stereocenters. The Balaban J connectivity index is 2.75. The second-order valence-electron chi connectivity index (χ2n) is 4.77. The Morgan fingerprint density at radius 3 is 2.71 bits per heavy atom. The summed E-state index contributed by atoms with van der Waals surface area (Å²) in [5.74, 6) is -0.271. The van der Waals surface area contributed by atoms with E-state index in [1.807, 2.05) is 13.8 Å². The minimum atomic E-state index is -0.494. The topological polar surface area (TPSA) is 90.7 Å². The molecule has 0 fully saturated rings. The summed E-state index contributed by atoms with van der Waals surface area (Å²) in [4.78, 5) is 21.6. The van der Waals surface area contributed by atoms with Gasteiger partial charge in [0.05, 0.1) is 25.1 Å². The van der Waals surface area contributed by atoms with Gasteiger partial charge in [-0.3, -0.25) is 14.9 Å². The van der Waals surface area contributed by atoms with Crippen LogP contribution < -0.4 is 10.1 Å². The second-order valence-corrected chi connectivity index (χ2v) is 4.77. The third kappa shape index (κ3) is 5.78. The fourth-order valence-corrected chi connectivity index (χ4v) is 1.61. The lowest BCUT2D eigenvalue weighted by Gasteiger charge is -2.10. The molecular formula is C14H20N2O5. The third-order valence-corrected chi connectivity index (χ3v) is 2.73. The third-order valence-electron chi connectivity index (χ3n) is 2.73. The van der Waals surface area contributed by atoms with Crippen LogP contribution in [-0.4, -0.2) is 30.7 Å². The summed E-state index contributed by atoms with van der Waals surface area (Å²) in [6.45, 7) is 4.58. The number of ether oxygens (including phenoxy) is 2. The Hall–Kier alpha value is -2.15. The average Bonchev–Trinajstić information content (AvgIpc) is 2.45. The van der Waals surface area contributed by atoms with Crippen molar-refractivity contribution in [2.24, 2.45) is 0 Å². The highest BCUT2D eigenvalue weighted by Gasteiger charge is 2.16. The lowest BCUT2D eigenvalue weighted by molar-refractivity contribution is -0.385. The second kappa shape index (κ2) is 8.21. The van der Waals surface area contributed by atoms with Crippen molar-refractivity contribution in [1.82, 2.24) is 5.32 Å². The van der Waals surface area contributed by atoms with Crippen molar-refractivity contribution in [2.75, 3.05) is 13.7 Å². The van der Waals surface area contributed by atoms with Gasteiger partial charge in [-0.05, 0) is 11.6 Å². The molecule has 0 aromatic heterocycles. The van der Waals surface area contributed by atoms with Gasteiger partial charge in [0.2, 0.25) is 0 Å². The van der Waals surface area contributed by atoms with E-state index in [4.69, 9.17) is 4.74 Å². The standard InChI is InChI=1S/C14H20N2O5/c1-10(2)15-9-11-4-5-13(12(8-11)16(18)19)21-7-6-14(17)20-3/h4-5,8,10,15H,6-7,9H2,1-3H3. The number of nitrogens with zero attached hydrogens (tertiary/aromatic N) is 1. The number of hydrogen-bond acceptors (Lipinski definition) is 6. The summed E-state index contributed by atoms with van der Waals surface area (Å²) in [6, 6.07) is 5.07. The highest BCUT2D eigenvalue weighted by molar-refractivity contribution is 5.69. The molecule has 0 saturated heterocycles. The minimum Gasteiger partial charge on any atom is -0.486 e. The predicted molar refractivity (Wildman–Crippen MR) is 77.2 cm³/mol. The van der Waals surface area contributed by atoms with Crippen LogP contribution in [0.25, 0.3) is 0 Å². The Bertz CT molecular complexity index is 502. The SMILES string of the molecule is COC(=O)CCOc1ccc(CNC(C)C)cc1[N+](=O)[O-]. The maximum atomic E-state index is 11.1. The van der Waals surface area contributed by atoms with Crippen molar-refractivity contribution < 1.29 is 19.2 Å². The van der Waals surface area contributed by atoms with Crippen LogP contribution in [0.5, 0.6) is 5.75 Å². The van der Waals surface area contributed by atoms with Crippen LogP contribution in [0.15, 0.2) is 18.2 Å². The molecule has 0 aliphatic heterocycles. The number of nitro groups is 1. The van der Waals surface area contributed by atoms with Crippen LogP contribution in [0.4, 0.5) is 5.69 Å². The first kappa shape index (κ1) is 16.9. The fourth-order valence-electron chi connectivity index (χ4n) is 1.61. The minimum absolute atomic E-state index is 0.0388. The smallest absolute Gasteiger partial charge is 0.311 e. The summed E-state index contributed by atoms with van der Waals surface area (Å²) in [7, 11) is 1.28. The Kier molecular flexibility index (Phi) is 6.61. The van der Waals surface area contributed by atoms with Gasteiger partial charge in [0, 0.05) is 18.7 Å². The number of rotatable bonds is 8. The maximum Gasteiger partial charge on any atom is 0.311 e. The van der Waals surface area contributed by atoms with Crippen LogP contribution in [0.1, 0.15) is 25.8 Å². The lowest BCUT2D eigenvalue weighted by Crippen LogP contribution is -2.21. The highest BCUT2D eigenvalue weighted by atomic mass is 16.6. The van der Waals surface area contributed by atoms with E-state index in [1.54, 1.807) is 12.1 Å². The molecule has 7 nitrogen and oxygen atoms in total. The number of nitrogens with one attached hydrogen (secondary N) is 1. The van der Waals surface area contributed by atoms with Crippen LogP contribution in [0.2, 0.25) is 0 Å². The molecule has 0 unspecified atom stereocenters. The van der Waals surface area contributed by atoms with Gasteiger partial charge in [-0.1, -0.05) is 19.9 Å². The van der Waals surface area contributed by atoms with Gasteiger partial charge in [-0.25, -0.2) is 0 Å². The van der Waals surface area contributed by atoms with Crippen LogP contribution in [0.3, 0.4) is 0 Å². The number of carbonyl (C=O) groups is 1. The molecule has 0 heterocycles. The molecule has 0 amide bonds. The first-order chi connectivity index (χ1) is 9.93. The van der Waals surface area contributed by atoms with Crippen molar-refractivity contribution in [1.29, 1.82) is 0 Å². The summed E-state index contributed by atoms with van der Waals surface area (Å²) >= 11 is 0. The molecule has 1 N–H and O–H groups in total. The summed E-state index contributed by atoms with van der Waals surface area (Å²) in [5, 5.41) is 14.3. The van der Waals surface area contributed by atoms with E-state index in [9.17, 15) is 14.9 Å². The molecule has 7 heteroatoms. The molecule has 0 bridgehead atoms. The Morgan fingerprint density at radius 2 is 2.14 bits per heavy atom. The molecule has 0 aliphatic carbocycles. The Morgan fingerprint density at radius 1 is 1.43 bits per heavy atom. The summed E-state index contributed by atoms with van der Waals surface area (Å²) in [6.07, 6.45) is 0.0459. The monoisotopic (exact) mass is 296 g/mol. The fraction of sp³-hybridized carbons (Fsp3) is 0.500. The van der Waals surface area contributed by atoms with E-state index < -0.39 is 10.9 Å². The molecule has 21 heavy (non-hydrogen) atoms. The first-order valence-corrected chi connectivity index (χ1v) is 6.64. The van der Waals surface area contributed by atoms with Gasteiger partial charge < -0.3 is 14.8 Å². The number of hydrogen-bond donors (Lipinski definition) is 1. The molecule has 0 saturated carbocycles. The molecule has 1 rings (SSSR count). The predicted octanol–water partition coefficient (Wildman–Crippen LogP) is 2.03. The van der Waals surface area contributed by atoms with Crippen LogP contribution in [0, 0.1) is 10.1 Å². The zero-order valence-corrected chi connectivity index (χ0v) is 12.4. The zero-order chi connectivity index (χ0) is 15.8. The van der Waals surface area contributed by atoms with Crippen molar-refractivity contribution in [3.05, 3.63) is 33.9 Å². The van der Waals surface area contributed by atoms with Gasteiger partial charge in [0.25, 0.3) is 0 Å². The van der Waals surface area contributed by atoms with Crippen molar-refractivity contribution in [2.45, 2.75) is 32.9 Å². The molecule has 116 valence electrons. The van der Waals surface area contributed by atoms with Crippen LogP contribution >= 0.6 is 0 Å². The normalized spacial score (nSPS) is 10.5. The largest absolute Gasteiger partial charge is 0.486 e. The van der Waals surface area contributed by atoms with E-state index in [0.29, 0.717) is 12.6 Å². The zero-order valence-electron chi connectivity index (χ0n) is 12.4. The molecular weight excluding hydrogens is 276 g/mol. The van der Waals surface area contributed by atoms with Crippen molar-refractivity contribution in [3.8, 4) is 5.75 Å². The number of methoxy groups -OCH3 is 1. The number of benzene rings is 1. The average molecular weight is 296 g/mol. The first-order valence-electron chi connectivity index (χ1n) is 6.64. The Labute approximate surface area is 123 Å². The number of esters is 1. The van der Waals surface area contributed by atoms with E-state index >= 15 is 0 Å². The van der Waals surface area contributed by atoms with Gasteiger partial charge in [0.15, 0.2) is 5.75 Å².